The van der Waals surface area contributed by atoms with Crippen molar-refractivity contribution in [3.05, 3.63) is 108 Å². The van der Waals surface area contributed by atoms with Gasteiger partial charge in [-0.15, -0.1) is 0 Å². The second kappa shape index (κ2) is 11.4. The molecule has 0 amide bonds. The summed E-state index contributed by atoms with van der Waals surface area (Å²) in [5, 5.41) is 0. The van der Waals surface area contributed by atoms with Gasteiger partial charge in [0.15, 0.2) is 0 Å². The van der Waals surface area contributed by atoms with Crippen molar-refractivity contribution in [1.29, 1.82) is 0 Å². The summed E-state index contributed by atoms with van der Waals surface area (Å²) in [4.78, 5) is 0. The van der Waals surface area contributed by atoms with Gasteiger partial charge in [0.05, 0.1) is 32.0 Å². The highest BCUT2D eigenvalue weighted by Gasteiger charge is 2.44. The van der Waals surface area contributed by atoms with Crippen molar-refractivity contribution in [3.8, 4) is 0 Å². The normalized spacial score (nSPS) is 25.5. The molecule has 32 heavy (non-hydrogen) atoms. The van der Waals surface area contributed by atoms with E-state index in [2.05, 4.69) is 50.2 Å². The minimum atomic E-state index is -0.249. The minimum absolute atomic E-state index is 0.105. The van der Waals surface area contributed by atoms with Gasteiger partial charge in [0.1, 0.15) is 18.3 Å². The van der Waals surface area contributed by atoms with Crippen LogP contribution in [0.2, 0.25) is 0 Å². The van der Waals surface area contributed by atoms with Gasteiger partial charge in [-0.25, -0.2) is 0 Å². The molecule has 1 aliphatic rings. The molecule has 4 rings (SSSR count). The van der Waals surface area contributed by atoms with Crippen LogP contribution in [0, 0.1) is 0 Å². The van der Waals surface area contributed by atoms with Gasteiger partial charge in [0.2, 0.25) is 0 Å². The Morgan fingerprint density at radius 2 is 0.812 bits per heavy atom. The topological polar surface area (TPSA) is 36.9 Å². The molecule has 3 unspecified atom stereocenters. The van der Waals surface area contributed by atoms with Crippen LogP contribution in [-0.4, -0.2) is 30.5 Å². The lowest BCUT2D eigenvalue weighted by Gasteiger charge is -2.44. The number of rotatable bonds is 9. The third-order valence-corrected chi connectivity index (χ3v) is 5.86. The minimum Gasteiger partial charge on any atom is -0.370 e. The molecule has 5 atom stereocenters. The molecule has 0 saturated carbocycles. The van der Waals surface area contributed by atoms with Crippen molar-refractivity contribution in [2.24, 2.45) is 0 Å². The summed E-state index contributed by atoms with van der Waals surface area (Å²) in [5.41, 5.74) is 3.38. The summed E-state index contributed by atoms with van der Waals surface area (Å²) in [6.45, 7) is 5.62. The Hall–Kier alpha value is -2.50. The molecule has 1 aliphatic heterocycles. The van der Waals surface area contributed by atoms with Crippen molar-refractivity contribution in [1.82, 2.24) is 0 Å². The Bertz CT molecular complexity index is 860. The molecule has 0 aromatic heterocycles. The molecule has 3 aromatic rings. The van der Waals surface area contributed by atoms with Crippen molar-refractivity contribution >= 4 is 0 Å². The molecule has 0 N–H and O–H groups in total. The summed E-state index contributed by atoms with van der Waals surface area (Å²) >= 11 is 0. The zero-order chi connectivity index (χ0) is 22.2. The summed E-state index contributed by atoms with van der Waals surface area (Å²) in [6, 6.07) is 30.6. The van der Waals surface area contributed by atoms with Crippen LogP contribution in [0.5, 0.6) is 0 Å². The Morgan fingerprint density at radius 1 is 0.500 bits per heavy atom. The van der Waals surface area contributed by atoms with Gasteiger partial charge < -0.3 is 18.9 Å². The Morgan fingerprint density at radius 3 is 1.16 bits per heavy atom. The summed E-state index contributed by atoms with van der Waals surface area (Å²) in [7, 11) is 0. The monoisotopic (exact) mass is 432 g/mol. The molecule has 0 spiro atoms. The van der Waals surface area contributed by atoms with Gasteiger partial charge in [0, 0.05) is 0 Å². The van der Waals surface area contributed by atoms with E-state index >= 15 is 0 Å². The van der Waals surface area contributed by atoms with E-state index in [1.165, 1.54) is 0 Å². The first kappa shape index (κ1) is 22.7. The highest BCUT2D eigenvalue weighted by atomic mass is 16.6. The molecule has 0 aliphatic carbocycles. The van der Waals surface area contributed by atoms with Crippen molar-refractivity contribution in [2.75, 3.05) is 0 Å². The quantitative estimate of drug-likeness (QED) is 0.444. The zero-order valence-corrected chi connectivity index (χ0v) is 18.8. The van der Waals surface area contributed by atoms with Crippen LogP contribution in [0.4, 0.5) is 0 Å². The lowest BCUT2D eigenvalue weighted by Crippen LogP contribution is -2.58. The third-order valence-electron chi connectivity index (χ3n) is 5.86. The molecule has 0 radical (unpaired) electrons. The number of ether oxygens (including phenoxy) is 4. The summed E-state index contributed by atoms with van der Waals surface area (Å²) in [6.07, 6.45) is -0.940. The van der Waals surface area contributed by atoms with Gasteiger partial charge in [-0.05, 0) is 30.5 Å². The Kier molecular flexibility index (Phi) is 8.07. The van der Waals surface area contributed by atoms with E-state index in [-0.39, 0.29) is 30.5 Å². The maximum Gasteiger partial charge on any atom is 0.115 e. The Balaban J connectivity index is 1.50. The van der Waals surface area contributed by atoms with Crippen LogP contribution < -0.4 is 0 Å². The first-order valence-corrected chi connectivity index (χ1v) is 11.3. The van der Waals surface area contributed by atoms with Gasteiger partial charge in [-0.1, -0.05) is 91.0 Å². The van der Waals surface area contributed by atoms with Gasteiger partial charge >= 0.3 is 0 Å². The fourth-order valence-corrected chi connectivity index (χ4v) is 4.17. The summed E-state index contributed by atoms with van der Waals surface area (Å²) in [5.74, 6) is 0. The van der Waals surface area contributed by atoms with Crippen LogP contribution in [0.25, 0.3) is 0 Å². The maximum absolute atomic E-state index is 6.48. The fraction of sp³-hybridized carbons (Fsp3) is 0.357. The van der Waals surface area contributed by atoms with Crippen molar-refractivity contribution < 1.29 is 18.9 Å². The average Bonchev–Trinajstić information content (AvgIpc) is 2.83. The molecule has 4 heteroatoms. The second-order valence-electron chi connectivity index (χ2n) is 8.33. The number of hydrogen-bond donors (Lipinski definition) is 0. The molecule has 168 valence electrons. The van der Waals surface area contributed by atoms with E-state index < -0.39 is 0 Å². The van der Waals surface area contributed by atoms with Crippen LogP contribution in [0.3, 0.4) is 0 Å². The first-order chi connectivity index (χ1) is 15.7. The standard InChI is InChI=1S/C28H32O4/c1-21-26(29-18-23-12-6-3-7-13-23)28(31-20-25-16-10-5-11-17-25)27(22(2)32-21)30-19-24-14-8-4-9-15-24/h3-17,21-22,26-28H,18-20H2,1-2H3/t21-,22?,26?,27-,28?/m1/s1. The van der Waals surface area contributed by atoms with Crippen LogP contribution >= 0.6 is 0 Å². The smallest absolute Gasteiger partial charge is 0.115 e. The van der Waals surface area contributed by atoms with E-state index in [0.717, 1.165) is 16.7 Å². The van der Waals surface area contributed by atoms with E-state index in [0.29, 0.717) is 19.8 Å². The second-order valence-corrected chi connectivity index (χ2v) is 8.33. The first-order valence-electron chi connectivity index (χ1n) is 11.3. The molecular formula is C28H32O4. The molecule has 1 heterocycles. The molecule has 1 fully saturated rings. The lowest BCUT2D eigenvalue weighted by atomic mass is 9.95. The van der Waals surface area contributed by atoms with Crippen LogP contribution in [0.15, 0.2) is 91.0 Å². The molecular weight excluding hydrogens is 400 g/mol. The number of hydrogen-bond acceptors (Lipinski definition) is 4. The predicted molar refractivity (Wildman–Crippen MR) is 125 cm³/mol. The Labute approximate surface area is 191 Å². The van der Waals surface area contributed by atoms with E-state index in [4.69, 9.17) is 18.9 Å². The highest BCUT2D eigenvalue weighted by molar-refractivity contribution is 5.15. The maximum atomic E-state index is 6.48. The van der Waals surface area contributed by atoms with Crippen LogP contribution in [-0.2, 0) is 38.8 Å². The highest BCUT2D eigenvalue weighted by Crippen LogP contribution is 2.30. The third kappa shape index (κ3) is 6.05. The van der Waals surface area contributed by atoms with E-state index in [1.54, 1.807) is 0 Å². The van der Waals surface area contributed by atoms with Crippen LogP contribution in [0.1, 0.15) is 30.5 Å². The zero-order valence-electron chi connectivity index (χ0n) is 18.8. The molecule has 3 aromatic carbocycles. The van der Waals surface area contributed by atoms with E-state index in [9.17, 15) is 0 Å². The van der Waals surface area contributed by atoms with E-state index in [1.807, 2.05) is 54.6 Å². The predicted octanol–water partition coefficient (Wildman–Crippen LogP) is 5.55. The number of benzene rings is 3. The molecule has 1 saturated heterocycles. The van der Waals surface area contributed by atoms with Gasteiger partial charge in [-0.3, -0.25) is 0 Å². The fourth-order valence-electron chi connectivity index (χ4n) is 4.17. The van der Waals surface area contributed by atoms with Gasteiger partial charge in [0.25, 0.3) is 0 Å². The molecule has 4 nitrogen and oxygen atoms in total. The summed E-state index contributed by atoms with van der Waals surface area (Å²) < 4.78 is 25.5. The average molecular weight is 433 g/mol. The SMILES string of the molecule is CC1O[C@H](C)C(OCc2ccccc2)C(OCc2ccccc2)[C@@H]1OCc1ccccc1. The lowest BCUT2D eigenvalue weighted by molar-refractivity contribution is -0.257. The van der Waals surface area contributed by atoms with Crippen molar-refractivity contribution in [3.63, 3.8) is 0 Å². The van der Waals surface area contributed by atoms with Gasteiger partial charge in [-0.2, -0.15) is 0 Å². The van der Waals surface area contributed by atoms with Crippen molar-refractivity contribution in [2.45, 2.75) is 64.2 Å². The molecule has 0 bridgehead atoms. The largest absolute Gasteiger partial charge is 0.370 e.